The molecule has 0 spiro atoms. The SMILES string of the molecule is COc1ccc(-c2nc(CCNC(=O)Cc3ccccc3)cs2)cc1. The summed E-state index contributed by atoms with van der Waals surface area (Å²) in [5.41, 5.74) is 3.09. The quantitative estimate of drug-likeness (QED) is 0.705. The number of nitrogens with one attached hydrogen (secondary N) is 1. The molecule has 0 aliphatic carbocycles. The van der Waals surface area contributed by atoms with Gasteiger partial charge in [-0.2, -0.15) is 0 Å². The van der Waals surface area contributed by atoms with Crippen LogP contribution in [0.25, 0.3) is 10.6 Å². The molecule has 0 radical (unpaired) electrons. The van der Waals surface area contributed by atoms with E-state index < -0.39 is 0 Å². The minimum Gasteiger partial charge on any atom is -0.497 e. The molecule has 0 aliphatic heterocycles. The number of carbonyl (C=O) groups is 1. The maximum Gasteiger partial charge on any atom is 0.224 e. The molecular weight excluding hydrogens is 332 g/mol. The van der Waals surface area contributed by atoms with E-state index in [2.05, 4.69) is 10.3 Å². The van der Waals surface area contributed by atoms with Crippen molar-refractivity contribution < 1.29 is 9.53 Å². The lowest BCUT2D eigenvalue weighted by Crippen LogP contribution is -2.27. The summed E-state index contributed by atoms with van der Waals surface area (Å²) in [7, 11) is 1.66. The number of aromatic nitrogens is 1. The number of nitrogens with zero attached hydrogens (tertiary/aromatic N) is 1. The van der Waals surface area contributed by atoms with Gasteiger partial charge in [0.05, 0.1) is 19.2 Å². The highest BCUT2D eigenvalue weighted by Gasteiger charge is 2.07. The van der Waals surface area contributed by atoms with Gasteiger partial charge in [0.2, 0.25) is 5.91 Å². The number of thiazole rings is 1. The molecule has 2 aromatic carbocycles. The molecule has 0 bridgehead atoms. The fourth-order valence-electron chi connectivity index (χ4n) is 2.46. The molecule has 1 amide bonds. The summed E-state index contributed by atoms with van der Waals surface area (Å²) in [6, 6.07) is 17.6. The second kappa shape index (κ2) is 8.44. The first-order valence-electron chi connectivity index (χ1n) is 8.14. The molecule has 0 fully saturated rings. The van der Waals surface area contributed by atoms with Crippen molar-refractivity contribution in [3.63, 3.8) is 0 Å². The van der Waals surface area contributed by atoms with Crippen LogP contribution in [0, 0.1) is 0 Å². The van der Waals surface area contributed by atoms with Gasteiger partial charge in [0.15, 0.2) is 0 Å². The Morgan fingerprint density at radius 2 is 1.88 bits per heavy atom. The maximum atomic E-state index is 11.9. The van der Waals surface area contributed by atoms with Gasteiger partial charge in [-0.3, -0.25) is 4.79 Å². The third-order valence-electron chi connectivity index (χ3n) is 3.80. The Balaban J connectivity index is 1.49. The van der Waals surface area contributed by atoms with Gasteiger partial charge in [-0.15, -0.1) is 11.3 Å². The van der Waals surface area contributed by atoms with Gasteiger partial charge in [-0.1, -0.05) is 30.3 Å². The van der Waals surface area contributed by atoms with Gasteiger partial charge in [0, 0.05) is 23.9 Å². The lowest BCUT2D eigenvalue weighted by molar-refractivity contribution is -0.120. The van der Waals surface area contributed by atoms with E-state index >= 15 is 0 Å². The molecule has 128 valence electrons. The summed E-state index contributed by atoms with van der Waals surface area (Å²) in [6.07, 6.45) is 1.14. The second-order valence-electron chi connectivity index (χ2n) is 5.63. The highest BCUT2D eigenvalue weighted by Crippen LogP contribution is 2.25. The Labute approximate surface area is 151 Å². The molecule has 0 unspecified atom stereocenters. The van der Waals surface area contributed by atoms with Crippen LogP contribution < -0.4 is 10.1 Å². The van der Waals surface area contributed by atoms with E-state index in [4.69, 9.17) is 4.74 Å². The first-order chi connectivity index (χ1) is 12.2. The molecule has 1 N–H and O–H groups in total. The highest BCUT2D eigenvalue weighted by molar-refractivity contribution is 7.13. The van der Waals surface area contributed by atoms with Crippen LogP contribution in [0.1, 0.15) is 11.3 Å². The van der Waals surface area contributed by atoms with Crippen molar-refractivity contribution in [3.05, 3.63) is 71.2 Å². The fraction of sp³-hybridized carbons (Fsp3) is 0.200. The van der Waals surface area contributed by atoms with Gasteiger partial charge in [-0.05, 0) is 29.8 Å². The van der Waals surface area contributed by atoms with Gasteiger partial charge in [0.25, 0.3) is 0 Å². The predicted octanol–water partition coefficient (Wildman–Crippen LogP) is 3.72. The number of amides is 1. The number of hydrogen-bond acceptors (Lipinski definition) is 4. The standard InChI is InChI=1S/C20H20N2O2S/c1-24-18-9-7-16(8-10-18)20-22-17(14-25-20)11-12-21-19(23)13-15-5-3-2-4-6-15/h2-10,14H,11-13H2,1H3,(H,21,23). The van der Waals surface area contributed by atoms with Gasteiger partial charge in [0.1, 0.15) is 10.8 Å². The van der Waals surface area contributed by atoms with Crippen molar-refractivity contribution in [1.82, 2.24) is 10.3 Å². The average molecular weight is 352 g/mol. The topological polar surface area (TPSA) is 51.2 Å². The Kier molecular flexibility index (Phi) is 5.80. The summed E-state index contributed by atoms with van der Waals surface area (Å²) in [5.74, 6) is 0.874. The zero-order chi connectivity index (χ0) is 17.5. The van der Waals surface area contributed by atoms with E-state index in [1.807, 2.05) is 60.0 Å². The van der Waals surface area contributed by atoms with Gasteiger partial charge < -0.3 is 10.1 Å². The first kappa shape index (κ1) is 17.2. The van der Waals surface area contributed by atoms with Crippen molar-refractivity contribution in [3.8, 4) is 16.3 Å². The van der Waals surface area contributed by atoms with E-state index in [9.17, 15) is 4.79 Å². The third-order valence-corrected chi connectivity index (χ3v) is 4.74. The molecule has 0 aliphatic rings. The van der Waals surface area contributed by atoms with Crippen molar-refractivity contribution in [2.45, 2.75) is 12.8 Å². The summed E-state index contributed by atoms with van der Waals surface area (Å²) in [4.78, 5) is 16.6. The molecule has 0 saturated carbocycles. The molecule has 25 heavy (non-hydrogen) atoms. The summed E-state index contributed by atoms with van der Waals surface area (Å²) in [5, 5.41) is 5.98. The number of ether oxygens (including phenoxy) is 1. The zero-order valence-corrected chi connectivity index (χ0v) is 14.9. The second-order valence-corrected chi connectivity index (χ2v) is 6.49. The number of methoxy groups -OCH3 is 1. The Morgan fingerprint density at radius 3 is 2.60 bits per heavy atom. The third kappa shape index (κ3) is 4.90. The van der Waals surface area contributed by atoms with E-state index in [0.29, 0.717) is 13.0 Å². The summed E-state index contributed by atoms with van der Waals surface area (Å²) in [6.45, 7) is 0.595. The molecule has 0 saturated heterocycles. The molecule has 1 heterocycles. The van der Waals surface area contributed by atoms with Crippen LogP contribution in [0.2, 0.25) is 0 Å². The van der Waals surface area contributed by atoms with Crippen LogP contribution in [0.5, 0.6) is 5.75 Å². The largest absolute Gasteiger partial charge is 0.497 e. The molecule has 4 nitrogen and oxygen atoms in total. The van der Waals surface area contributed by atoms with E-state index in [1.165, 1.54) is 0 Å². The highest BCUT2D eigenvalue weighted by atomic mass is 32.1. The van der Waals surface area contributed by atoms with E-state index in [-0.39, 0.29) is 5.91 Å². The number of hydrogen-bond donors (Lipinski definition) is 1. The van der Waals surface area contributed by atoms with E-state index in [1.54, 1.807) is 18.4 Å². The first-order valence-corrected chi connectivity index (χ1v) is 9.02. The molecule has 3 aromatic rings. The average Bonchev–Trinajstić information content (AvgIpc) is 3.11. The Morgan fingerprint density at radius 1 is 1.12 bits per heavy atom. The minimum atomic E-state index is 0.0387. The number of benzene rings is 2. The van der Waals surface area contributed by atoms with Crippen molar-refractivity contribution in [2.75, 3.05) is 13.7 Å². The lowest BCUT2D eigenvalue weighted by Gasteiger charge is -2.04. The van der Waals surface area contributed by atoms with E-state index in [0.717, 1.165) is 34.0 Å². The number of carbonyl (C=O) groups excluding carboxylic acids is 1. The lowest BCUT2D eigenvalue weighted by atomic mass is 10.1. The van der Waals surface area contributed by atoms with Gasteiger partial charge in [-0.25, -0.2) is 4.98 Å². The fourth-order valence-corrected chi connectivity index (χ4v) is 3.32. The van der Waals surface area contributed by atoms with Crippen molar-refractivity contribution >= 4 is 17.2 Å². The van der Waals surface area contributed by atoms with Crippen LogP contribution >= 0.6 is 11.3 Å². The summed E-state index contributed by atoms with van der Waals surface area (Å²) < 4.78 is 5.17. The normalized spacial score (nSPS) is 10.4. The minimum absolute atomic E-state index is 0.0387. The predicted molar refractivity (Wildman–Crippen MR) is 101 cm³/mol. The molecule has 5 heteroatoms. The van der Waals surface area contributed by atoms with Crippen molar-refractivity contribution in [1.29, 1.82) is 0 Å². The molecule has 0 atom stereocenters. The summed E-state index contributed by atoms with van der Waals surface area (Å²) >= 11 is 1.61. The monoisotopic (exact) mass is 352 g/mol. The molecular formula is C20H20N2O2S. The van der Waals surface area contributed by atoms with Crippen LogP contribution in [0.4, 0.5) is 0 Å². The Bertz CT molecular complexity index is 813. The molecule has 1 aromatic heterocycles. The Hall–Kier alpha value is -2.66. The zero-order valence-electron chi connectivity index (χ0n) is 14.1. The van der Waals surface area contributed by atoms with Crippen molar-refractivity contribution in [2.24, 2.45) is 0 Å². The van der Waals surface area contributed by atoms with Crippen LogP contribution in [-0.4, -0.2) is 24.5 Å². The maximum absolute atomic E-state index is 11.9. The smallest absolute Gasteiger partial charge is 0.224 e. The van der Waals surface area contributed by atoms with Crippen LogP contribution in [0.15, 0.2) is 60.0 Å². The molecule has 3 rings (SSSR count). The van der Waals surface area contributed by atoms with Crippen LogP contribution in [0.3, 0.4) is 0 Å². The van der Waals surface area contributed by atoms with Crippen LogP contribution in [-0.2, 0) is 17.6 Å². The number of rotatable bonds is 7. The van der Waals surface area contributed by atoms with Gasteiger partial charge >= 0.3 is 0 Å².